The van der Waals surface area contributed by atoms with E-state index in [-0.39, 0.29) is 23.4 Å². The summed E-state index contributed by atoms with van der Waals surface area (Å²) < 4.78 is 0. The van der Waals surface area contributed by atoms with Crippen molar-refractivity contribution in [2.75, 3.05) is 10.0 Å². The monoisotopic (exact) mass is 514 g/mol. The smallest absolute Gasteiger partial charge is 0.263 e. The number of benzene rings is 2. The van der Waals surface area contributed by atoms with Gasteiger partial charge in [-0.2, -0.15) is 20.2 Å². The number of rotatable bonds is 13. The highest BCUT2D eigenvalue weighted by atomic mass is 16.2. The first-order valence-electron chi connectivity index (χ1n) is 13.3. The van der Waals surface area contributed by atoms with Gasteiger partial charge in [0, 0.05) is 12.8 Å². The molecule has 0 fully saturated rings. The second-order valence-electron chi connectivity index (χ2n) is 9.87. The summed E-state index contributed by atoms with van der Waals surface area (Å²) in [7, 11) is 0. The highest BCUT2D eigenvalue weighted by molar-refractivity contribution is 6.27. The average molecular weight is 515 g/mol. The van der Waals surface area contributed by atoms with Crippen LogP contribution in [0.15, 0.2) is 70.9 Å². The molecule has 0 saturated heterocycles. The molecular weight excluding hydrogens is 480 g/mol. The number of hydrogen-bond donors (Lipinski definition) is 0. The Kier molecular flexibility index (Phi) is 8.94. The zero-order valence-electron chi connectivity index (χ0n) is 22.0. The summed E-state index contributed by atoms with van der Waals surface area (Å²) in [4.78, 5) is 51.0. The van der Waals surface area contributed by atoms with Crippen molar-refractivity contribution in [3.05, 3.63) is 60.7 Å². The van der Waals surface area contributed by atoms with Crippen LogP contribution in [0.1, 0.15) is 65.2 Å². The minimum absolute atomic E-state index is 0.0805. The van der Waals surface area contributed by atoms with E-state index >= 15 is 0 Å². The number of para-hydroxylation sites is 2. The van der Waals surface area contributed by atoms with Crippen molar-refractivity contribution < 1.29 is 19.2 Å². The number of nitrogens with zero attached hydrogens (tertiary/aromatic N) is 4. The number of carbonyl (C=O) groups excluding carboxylic acids is 4. The Hall–Kier alpha value is -3.94. The minimum Gasteiger partial charge on any atom is -0.298 e. The van der Waals surface area contributed by atoms with Gasteiger partial charge in [0.15, 0.2) is 11.6 Å². The van der Waals surface area contributed by atoms with Crippen LogP contribution >= 0.6 is 0 Å². The number of hydrogen-bond acceptors (Lipinski definition) is 6. The quantitative estimate of drug-likeness (QED) is 0.267. The van der Waals surface area contributed by atoms with Crippen LogP contribution < -0.4 is 10.0 Å². The van der Waals surface area contributed by atoms with Crippen molar-refractivity contribution in [1.82, 2.24) is 0 Å². The van der Waals surface area contributed by atoms with Gasteiger partial charge in [0.05, 0.1) is 22.8 Å². The van der Waals surface area contributed by atoms with E-state index < -0.39 is 11.8 Å². The molecule has 0 saturated carbocycles. The second kappa shape index (κ2) is 12.5. The van der Waals surface area contributed by atoms with E-state index in [2.05, 4.69) is 10.2 Å². The van der Waals surface area contributed by atoms with Gasteiger partial charge in [0.25, 0.3) is 11.8 Å². The molecular formula is C30H34N4O4. The van der Waals surface area contributed by atoms with E-state index in [0.717, 1.165) is 38.5 Å². The molecule has 0 bridgehead atoms. The Bertz CT molecular complexity index is 1140. The van der Waals surface area contributed by atoms with Gasteiger partial charge in [-0.25, -0.2) is 0 Å². The first kappa shape index (κ1) is 27.1. The van der Waals surface area contributed by atoms with E-state index in [4.69, 9.17) is 0 Å². The van der Waals surface area contributed by atoms with Crippen molar-refractivity contribution in [3.63, 3.8) is 0 Å². The number of unbranched alkanes of at least 4 members (excludes halogenated alkanes) is 5. The van der Waals surface area contributed by atoms with Crippen molar-refractivity contribution in [2.24, 2.45) is 22.0 Å². The zero-order valence-corrected chi connectivity index (χ0v) is 22.0. The molecule has 0 spiro atoms. The van der Waals surface area contributed by atoms with E-state index in [1.165, 1.54) is 10.0 Å². The van der Waals surface area contributed by atoms with Crippen LogP contribution in [0.5, 0.6) is 0 Å². The number of hydrazone groups is 2. The predicted molar refractivity (Wildman–Crippen MR) is 148 cm³/mol. The molecule has 2 atom stereocenters. The van der Waals surface area contributed by atoms with Gasteiger partial charge in [-0.1, -0.05) is 62.1 Å². The zero-order chi connectivity index (χ0) is 27.1. The highest BCUT2D eigenvalue weighted by Crippen LogP contribution is 2.27. The molecule has 8 heteroatoms. The summed E-state index contributed by atoms with van der Waals surface area (Å²) in [6.07, 6.45) is 5.83. The summed E-state index contributed by atoms with van der Waals surface area (Å²) in [5.74, 6) is -2.30. The van der Waals surface area contributed by atoms with Gasteiger partial charge in [0.1, 0.15) is 11.8 Å². The van der Waals surface area contributed by atoms with E-state index in [1.807, 2.05) is 36.4 Å². The Morgan fingerprint density at radius 2 is 0.947 bits per heavy atom. The van der Waals surface area contributed by atoms with E-state index in [1.54, 1.807) is 38.1 Å². The Balaban J connectivity index is 1.11. The third kappa shape index (κ3) is 6.13. The Labute approximate surface area is 223 Å². The molecule has 2 aliphatic heterocycles. The molecule has 4 rings (SSSR count). The summed E-state index contributed by atoms with van der Waals surface area (Å²) in [6, 6.07) is 18.3. The standard InChI is InChI=1S/C30H34N4O4/c1-21-27(29(37)33(31-21)23-15-9-7-10-16-23)25(35)19-13-5-3-4-6-14-20-26(36)28-22(2)32-34(30(28)38)24-17-11-8-12-18-24/h7-12,15-18,27-28H,3-6,13-14,19-20H2,1-2H3/t27-,28+. The lowest BCUT2D eigenvalue weighted by Crippen LogP contribution is -2.32. The normalized spacial score (nSPS) is 19.1. The molecule has 0 unspecified atom stereocenters. The van der Waals surface area contributed by atoms with Crippen molar-refractivity contribution in [1.29, 1.82) is 0 Å². The van der Waals surface area contributed by atoms with Crippen molar-refractivity contribution >= 4 is 46.2 Å². The molecule has 2 aliphatic rings. The summed E-state index contributed by atoms with van der Waals surface area (Å²) in [5, 5.41) is 11.3. The van der Waals surface area contributed by atoms with Crippen molar-refractivity contribution in [3.8, 4) is 0 Å². The lowest BCUT2D eigenvalue weighted by Gasteiger charge is -2.14. The Morgan fingerprint density at radius 3 is 1.32 bits per heavy atom. The highest BCUT2D eigenvalue weighted by Gasteiger charge is 2.40. The molecule has 38 heavy (non-hydrogen) atoms. The third-order valence-corrected chi connectivity index (χ3v) is 7.00. The first-order valence-corrected chi connectivity index (χ1v) is 13.3. The molecule has 2 aromatic carbocycles. The molecule has 0 aliphatic carbocycles. The van der Waals surface area contributed by atoms with Crippen molar-refractivity contribution in [2.45, 2.75) is 65.2 Å². The molecule has 0 radical (unpaired) electrons. The van der Waals surface area contributed by atoms with Crippen LogP contribution in [0.25, 0.3) is 0 Å². The molecule has 0 aromatic heterocycles. The van der Waals surface area contributed by atoms with Gasteiger partial charge >= 0.3 is 0 Å². The molecule has 198 valence electrons. The fraction of sp³-hybridized carbons (Fsp3) is 0.400. The average Bonchev–Trinajstić information content (AvgIpc) is 3.40. The number of ketones is 2. The van der Waals surface area contributed by atoms with Crippen LogP contribution in [-0.2, 0) is 19.2 Å². The number of amides is 2. The maximum atomic E-state index is 12.8. The predicted octanol–water partition coefficient (Wildman–Crippen LogP) is 5.32. The molecule has 2 aromatic rings. The summed E-state index contributed by atoms with van der Waals surface area (Å²) >= 11 is 0. The fourth-order valence-electron chi connectivity index (χ4n) is 4.98. The number of anilines is 2. The number of Topliss-reactive ketones (excluding diaryl/α,β-unsaturated/α-hetero) is 2. The molecule has 2 amide bonds. The number of carbonyl (C=O) groups is 4. The molecule has 2 heterocycles. The van der Waals surface area contributed by atoms with Gasteiger partial charge < -0.3 is 0 Å². The second-order valence-corrected chi connectivity index (χ2v) is 9.87. The Morgan fingerprint density at radius 1 is 0.605 bits per heavy atom. The van der Waals surface area contributed by atoms with Crippen LogP contribution in [0.2, 0.25) is 0 Å². The molecule has 8 nitrogen and oxygen atoms in total. The SMILES string of the molecule is CC1=NN(c2ccccc2)C(=O)[C@H]1C(=O)CCCCCCCCC(=O)[C@H]1C(=O)N(c2ccccc2)N=C1C. The first-order chi connectivity index (χ1) is 18.4. The van der Waals surface area contributed by atoms with Gasteiger partial charge in [-0.15, -0.1) is 0 Å². The van der Waals surface area contributed by atoms with Crippen LogP contribution in [0.3, 0.4) is 0 Å². The van der Waals surface area contributed by atoms with Crippen LogP contribution in [0, 0.1) is 11.8 Å². The van der Waals surface area contributed by atoms with E-state index in [9.17, 15) is 19.2 Å². The topological polar surface area (TPSA) is 99.5 Å². The minimum atomic E-state index is -0.788. The maximum absolute atomic E-state index is 12.8. The maximum Gasteiger partial charge on any atom is 0.263 e. The summed E-state index contributed by atoms with van der Waals surface area (Å²) in [6.45, 7) is 3.47. The van der Waals surface area contributed by atoms with E-state index in [0.29, 0.717) is 35.6 Å². The lowest BCUT2D eigenvalue weighted by atomic mass is 9.94. The lowest BCUT2D eigenvalue weighted by molar-refractivity contribution is -0.130. The van der Waals surface area contributed by atoms with Gasteiger partial charge in [-0.05, 0) is 51.0 Å². The van der Waals surface area contributed by atoms with Crippen LogP contribution in [-0.4, -0.2) is 34.8 Å². The van der Waals surface area contributed by atoms with Gasteiger partial charge in [-0.3, -0.25) is 19.2 Å². The van der Waals surface area contributed by atoms with Crippen LogP contribution in [0.4, 0.5) is 11.4 Å². The van der Waals surface area contributed by atoms with Gasteiger partial charge in [0.2, 0.25) is 0 Å². The third-order valence-electron chi connectivity index (χ3n) is 7.00. The summed E-state index contributed by atoms with van der Waals surface area (Å²) in [5.41, 5.74) is 2.42. The largest absolute Gasteiger partial charge is 0.298 e. The molecule has 0 N–H and O–H groups in total. The fourth-order valence-corrected chi connectivity index (χ4v) is 4.98.